The third kappa shape index (κ3) is 3.18. The van der Waals surface area contributed by atoms with Crippen LogP contribution in [0.3, 0.4) is 0 Å². The van der Waals surface area contributed by atoms with Crippen molar-refractivity contribution >= 4 is 17.7 Å². The summed E-state index contributed by atoms with van der Waals surface area (Å²) in [4.78, 5) is 8.37. The second-order valence-corrected chi connectivity index (χ2v) is 4.56. The van der Waals surface area contributed by atoms with E-state index in [1.165, 1.54) is 5.56 Å². The molecule has 0 aliphatic carbocycles. The summed E-state index contributed by atoms with van der Waals surface area (Å²) >= 11 is 1.68. The van der Waals surface area contributed by atoms with E-state index < -0.39 is 0 Å². The van der Waals surface area contributed by atoms with Crippen LogP contribution in [0.4, 0.5) is 5.95 Å². The van der Waals surface area contributed by atoms with Crippen LogP contribution in [0.2, 0.25) is 0 Å². The number of nitrogen functional groups attached to an aromatic ring is 1. The highest BCUT2D eigenvalue weighted by Crippen LogP contribution is 2.24. The lowest BCUT2D eigenvalue weighted by molar-refractivity contribution is 0.992. The number of hydrazine groups is 1. The minimum Gasteiger partial charge on any atom is -0.292 e. The summed E-state index contributed by atoms with van der Waals surface area (Å²) in [7, 11) is 0. The maximum absolute atomic E-state index is 5.29. The number of thioether (sulfide) groups is 1. The van der Waals surface area contributed by atoms with E-state index >= 15 is 0 Å². The van der Waals surface area contributed by atoms with Crippen LogP contribution in [0.25, 0.3) is 0 Å². The highest BCUT2D eigenvalue weighted by Gasteiger charge is 2.04. The van der Waals surface area contributed by atoms with Gasteiger partial charge in [-0.05, 0) is 18.1 Å². The number of aromatic nitrogens is 2. The zero-order valence-electron chi connectivity index (χ0n) is 9.55. The molecule has 0 atom stereocenters. The Kier molecular flexibility index (Phi) is 3.95. The molecule has 0 fully saturated rings. The van der Waals surface area contributed by atoms with Crippen molar-refractivity contribution in [2.45, 2.75) is 17.7 Å². The SMILES string of the molecule is Cc1cnc(NN)nc1SCc1ccccc1. The quantitative estimate of drug-likeness (QED) is 0.375. The third-order valence-corrected chi connectivity index (χ3v) is 3.44. The molecule has 17 heavy (non-hydrogen) atoms. The van der Waals surface area contributed by atoms with Crippen molar-refractivity contribution in [2.24, 2.45) is 5.84 Å². The van der Waals surface area contributed by atoms with Gasteiger partial charge in [0.15, 0.2) is 0 Å². The van der Waals surface area contributed by atoms with Gasteiger partial charge in [-0.15, -0.1) is 11.8 Å². The molecule has 0 radical (unpaired) electrons. The highest BCUT2D eigenvalue weighted by molar-refractivity contribution is 7.98. The lowest BCUT2D eigenvalue weighted by Crippen LogP contribution is -2.10. The number of rotatable bonds is 4. The average Bonchev–Trinajstić information content (AvgIpc) is 2.39. The Hall–Kier alpha value is -1.59. The van der Waals surface area contributed by atoms with Crippen molar-refractivity contribution in [3.63, 3.8) is 0 Å². The monoisotopic (exact) mass is 246 g/mol. The molecule has 4 nitrogen and oxygen atoms in total. The summed E-state index contributed by atoms with van der Waals surface area (Å²) in [6, 6.07) is 10.3. The van der Waals surface area contributed by atoms with Crippen molar-refractivity contribution in [1.29, 1.82) is 0 Å². The molecule has 2 aromatic rings. The first-order valence-electron chi connectivity index (χ1n) is 5.26. The van der Waals surface area contributed by atoms with E-state index in [0.717, 1.165) is 16.3 Å². The number of nitrogens with one attached hydrogen (secondary N) is 1. The van der Waals surface area contributed by atoms with Crippen LogP contribution < -0.4 is 11.3 Å². The van der Waals surface area contributed by atoms with Gasteiger partial charge in [0, 0.05) is 11.9 Å². The Bertz CT molecular complexity index is 487. The van der Waals surface area contributed by atoms with Crippen LogP contribution >= 0.6 is 11.8 Å². The van der Waals surface area contributed by atoms with Gasteiger partial charge in [0.1, 0.15) is 5.03 Å². The smallest absolute Gasteiger partial charge is 0.238 e. The van der Waals surface area contributed by atoms with Gasteiger partial charge < -0.3 is 0 Å². The van der Waals surface area contributed by atoms with E-state index in [4.69, 9.17) is 5.84 Å². The molecule has 0 bridgehead atoms. The number of hydrogen-bond donors (Lipinski definition) is 2. The van der Waals surface area contributed by atoms with Crippen molar-refractivity contribution in [3.8, 4) is 0 Å². The van der Waals surface area contributed by atoms with Gasteiger partial charge >= 0.3 is 0 Å². The van der Waals surface area contributed by atoms with Crippen molar-refractivity contribution in [1.82, 2.24) is 9.97 Å². The number of nitrogens with zero attached hydrogens (tertiary/aromatic N) is 2. The maximum atomic E-state index is 5.29. The fraction of sp³-hybridized carbons (Fsp3) is 0.167. The minimum atomic E-state index is 0.450. The molecule has 1 aromatic heterocycles. The molecule has 0 amide bonds. The fourth-order valence-electron chi connectivity index (χ4n) is 1.37. The molecular formula is C12H14N4S. The van der Waals surface area contributed by atoms with Gasteiger partial charge in [0.05, 0.1) is 0 Å². The lowest BCUT2D eigenvalue weighted by Gasteiger charge is -2.06. The summed E-state index contributed by atoms with van der Waals surface area (Å²) in [6.07, 6.45) is 1.77. The Balaban J connectivity index is 2.08. The summed E-state index contributed by atoms with van der Waals surface area (Å²) in [6.45, 7) is 1.99. The first-order chi connectivity index (χ1) is 8.29. The molecule has 0 spiro atoms. The Morgan fingerprint density at radius 2 is 2.06 bits per heavy atom. The predicted octanol–water partition coefficient (Wildman–Crippen LogP) is 2.36. The zero-order chi connectivity index (χ0) is 12.1. The molecule has 0 saturated heterocycles. The Labute approximate surface area is 105 Å². The van der Waals surface area contributed by atoms with E-state index in [-0.39, 0.29) is 0 Å². The normalized spacial score (nSPS) is 10.2. The molecule has 0 aliphatic heterocycles. The molecule has 0 unspecified atom stereocenters. The number of nitrogens with two attached hydrogens (primary N) is 1. The van der Waals surface area contributed by atoms with E-state index in [2.05, 4.69) is 27.5 Å². The molecule has 3 N–H and O–H groups in total. The summed E-state index contributed by atoms with van der Waals surface area (Å²) < 4.78 is 0. The van der Waals surface area contributed by atoms with Gasteiger partial charge in [0.25, 0.3) is 0 Å². The van der Waals surface area contributed by atoms with Crippen LogP contribution in [-0.2, 0) is 5.75 Å². The summed E-state index contributed by atoms with van der Waals surface area (Å²) in [5.74, 6) is 6.63. The molecule has 1 heterocycles. The van der Waals surface area contributed by atoms with Crippen molar-refractivity contribution in [2.75, 3.05) is 5.43 Å². The first kappa shape index (κ1) is 11.9. The Morgan fingerprint density at radius 1 is 1.29 bits per heavy atom. The van der Waals surface area contributed by atoms with Crippen LogP contribution in [0.1, 0.15) is 11.1 Å². The lowest BCUT2D eigenvalue weighted by atomic mass is 10.2. The van der Waals surface area contributed by atoms with E-state index in [1.54, 1.807) is 18.0 Å². The van der Waals surface area contributed by atoms with Gasteiger partial charge in [-0.1, -0.05) is 30.3 Å². The first-order valence-corrected chi connectivity index (χ1v) is 6.25. The predicted molar refractivity (Wildman–Crippen MR) is 70.6 cm³/mol. The largest absolute Gasteiger partial charge is 0.292 e. The molecule has 2 rings (SSSR count). The van der Waals surface area contributed by atoms with E-state index in [9.17, 15) is 0 Å². The second-order valence-electron chi connectivity index (χ2n) is 3.60. The standard InChI is InChI=1S/C12H14N4S/c1-9-7-14-12(16-13)15-11(9)17-8-10-5-3-2-4-6-10/h2-7H,8,13H2,1H3,(H,14,15,16). The fourth-order valence-corrected chi connectivity index (χ4v) is 2.30. The topological polar surface area (TPSA) is 63.8 Å². The van der Waals surface area contributed by atoms with Crippen molar-refractivity contribution < 1.29 is 0 Å². The Morgan fingerprint density at radius 3 is 2.76 bits per heavy atom. The van der Waals surface area contributed by atoms with E-state index in [1.807, 2.05) is 25.1 Å². The van der Waals surface area contributed by atoms with E-state index in [0.29, 0.717) is 5.95 Å². The molecule has 0 saturated carbocycles. The van der Waals surface area contributed by atoms with Gasteiger partial charge in [-0.3, -0.25) is 5.43 Å². The maximum Gasteiger partial charge on any atom is 0.238 e. The highest BCUT2D eigenvalue weighted by atomic mass is 32.2. The number of anilines is 1. The molecule has 0 aliphatic rings. The van der Waals surface area contributed by atoms with Crippen LogP contribution in [0.15, 0.2) is 41.6 Å². The van der Waals surface area contributed by atoms with Gasteiger partial charge in [-0.2, -0.15) is 0 Å². The summed E-state index contributed by atoms with van der Waals surface area (Å²) in [5, 5.41) is 0.955. The number of hydrogen-bond acceptors (Lipinski definition) is 5. The molecule has 1 aromatic carbocycles. The number of benzene rings is 1. The van der Waals surface area contributed by atoms with Crippen LogP contribution in [0, 0.1) is 6.92 Å². The van der Waals surface area contributed by atoms with Gasteiger partial charge in [0.2, 0.25) is 5.95 Å². The molecule has 88 valence electrons. The second kappa shape index (κ2) is 5.65. The minimum absolute atomic E-state index is 0.450. The molecular weight excluding hydrogens is 232 g/mol. The average molecular weight is 246 g/mol. The van der Waals surface area contributed by atoms with Crippen molar-refractivity contribution in [3.05, 3.63) is 47.7 Å². The number of aryl methyl sites for hydroxylation is 1. The third-order valence-electron chi connectivity index (χ3n) is 2.27. The van der Waals surface area contributed by atoms with Crippen LogP contribution in [-0.4, -0.2) is 9.97 Å². The van der Waals surface area contributed by atoms with Gasteiger partial charge in [-0.25, -0.2) is 15.8 Å². The zero-order valence-corrected chi connectivity index (χ0v) is 10.4. The molecule has 5 heteroatoms. The summed E-state index contributed by atoms with van der Waals surface area (Å²) in [5.41, 5.74) is 4.79. The van der Waals surface area contributed by atoms with Crippen LogP contribution in [0.5, 0.6) is 0 Å².